The first-order chi connectivity index (χ1) is 13.8. The number of ether oxygens (including phenoxy) is 2. The van der Waals surface area contributed by atoms with Crippen molar-refractivity contribution in [3.8, 4) is 11.5 Å². The van der Waals surface area contributed by atoms with E-state index in [-0.39, 0.29) is 0 Å². The molecular weight excluding hydrogens is 414 g/mol. The van der Waals surface area contributed by atoms with Crippen LogP contribution < -0.4 is 14.8 Å². The zero-order chi connectivity index (χ0) is 19.3. The molecule has 4 aromatic rings. The molecule has 0 aliphatic carbocycles. The van der Waals surface area contributed by atoms with Crippen molar-refractivity contribution < 1.29 is 9.47 Å². The number of hydrogen-bond donors (Lipinski definition) is 1. The summed E-state index contributed by atoms with van der Waals surface area (Å²) in [6.07, 6.45) is 2.42. The average molecular weight is 432 g/mol. The van der Waals surface area contributed by atoms with Gasteiger partial charge in [-0.3, -0.25) is 0 Å². The Balaban J connectivity index is 1.36. The second-order valence-electron chi connectivity index (χ2n) is 5.66. The van der Waals surface area contributed by atoms with Crippen molar-refractivity contribution in [2.75, 3.05) is 26.1 Å². The summed E-state index contributed by atoms with van der Waals surface area (Å²) in [5, 5.41) is 16.6. The summed E-state index contributed by atoms with van der Waals surface area (Å²) in [5.41, 5.74) is 1.16. The molecule has 28 heavy (non-hydrogen) atoms. The van der Waals surface area contributed by atoms with Crippen LogP contribution in [0.5, 0.6) is 11.5 Å². The molecule has 3 aromatic heterocycles. The summed E-state index contributed by atoms with van der Waals surface area (Å²) in [6, 6.07) is 7.97. The molecule has 10 heteroatoms. The van der Waals surface area contributed by atoms with Gasteiger partial charge in [0, 0.05) is 11.9 Å². The maximum atomic E-state index is 5.35. The van der Waals surface area contributed by atoms with E-state index in [0.29, 0.717) is 0 Å². The minimum atomic E-state index is 0.731. The smallest absolute Gasteiger partial charge is 0.206 e. The third-order valence-electron chi connectivity index (χ3n) is 3.95. The number of anilines is 1. The van der Waals surface area contributed by atoms with Crippen LogP contribution in [0, 0.1) is 0 Å². The van der Waals surface area contributed by atoms with E-state index < -0.39 is 0 Å². The minimum absolute atomic E-state index is 0.731. The van der Waals surface area contributed by atoms with Crippen molar-refractivity contribution in [3.05, 3.63) is 41.5 Å². The molecule has 1 aromatic carbocycles. The van der Waals surface area contributed by atoms with Gasteiger partial charge in [-0.15, -0.1) is 21.5 Å². The van der Waals surface area contributed by atoms with E-state index in [1.165, 1.54) is 23.1 Å². The predicted octanol–water partition coefficient (Wildman–Crippen LogP) is 4.37. The van der Waals surface area contributed by atoms with E-state index in [4.69, 9.17) is 9.47 Å². The first-order valence-electron chi connectivity index (χ1n) is 8.41. The SMILES string of the molecule is COc1ccc(CCNc2nnc(Sc3ncnc4sccc34)s2)cc1OC. The number of rotatable bonds is 8. The number of fused-ring (bicyclic) bond motifs is 1. The van der Waals surface area contributed by atoms with Gasteiger partial charge in [0.1, 0.15) is 16.2 Å². The molecule has 3 heterocycles. The fraction of sp³-hybridized carbons (Fsp3) is 0.222. The molecule has 0 spiro atoms. The van der Waals surface area contributed by atoms with Gasteiger partial charge in [-0.1, -0.05) is 17.4 Å². The molecule has 0 unspecified atom stereocenters. The van der Waals surface area contributed by atoms with Crippen molar-refractivity contribution in [1.29, 1.82) is 0 Å². The van der Waals surface area contributed by atoms with Gasteiger partial charge in [0.05, 0.1) is 14.2 Å². The standard InChI is InChI=1S/C18H17N5O2S3/c1-24-13-4-3-11(9-14(13)25-2)5-7-19-17-22-23-18(28-17)27-16-12-6-8-26-15(12)20-10-21-16/h3-4,6,8-10H,5,7H2,1-2H3,(H,19,22). The molecule has 0 saturated heterocycles. The third kappa shape index (κ3) is 4.18. The van der Waals surface area contributed by atoms with Crippen LogP contribution in [0.4, 0.5) is 5.13 Å². The van der Waals surface area contributed by atoms with Crippen LogP contribution in [-0.4, -0.2) is 40.9 Å². The van der Waals surface area contributed by atoms with Crippen LogP contribution in [0.15, 0.2) is 45.3 Å². The summed E-state index contributed by atoms with van der Waals surface area (Å²) in [4.78, 5) is 9.63. The number of aromatic nitrogens is 4. The number of benzene rings is 1. The topological polar surface area (TPSA) is 82.0 Å². The van der Waals surface area contributed by atoms with Crippen molar-refractivity contribution >= 4 is 49.8 Å². The monoisotopic (exact) mass is 431 g/mol. The van der Waals surface area contributed by atoms with E-state index in [9.17, 15) is 0 Å². The zero-order valence-electron chi connectivity index (χ0n) is 15.2. The molecular formula is C18H17N5O2S3. The Morgan fingerprint density at radius 2 is 1.96 bits per heavy atom. The van der Waals surface area contributed by atoms with Gasteiger partial charge in [-0.2, -0.15) is 0 Å². The van der Waals surface area contributed by atoms with Crippen molar-refractivity contribution in [2.24, 2.45) is 0 Å². The van der Waals surface area contributed by atoms with Crippen LogP contribution in [0.3, 0.4) is 0 Å². The van der Waals surface area contributed by atoms with Crippen LogP contribution in [0.25, 0.3) is 10.2 Å². The quantitative estimate of drug-likeness (QED) is 0.412. The van der Waals surface area contributed by atoms with E-state index in [1.54, 1.807) is 31.9 Å². The van der Waals surface area contributed by atoms with Gasteiger partial charge in [0.15, 0.2) is 15.8 Å². The van der Waals surface area contributed by atoms with Gasteiger partial charge in [-0.25, -0.2) is 9.97 Å². The second-order valence-corrected chi connectivity index (χ2v) is 8.77. The fourth-order valence-corrected chi connectivity index (χ4v) is 5.17. The fourth-order valence-electron chi connectivity index (χ4n) is 2.60. The molecule has 7 nitrogen and oxygen atoms in total. The second kappa shape index (κ2) is 8.72. The van der Waals surface area contributed by atoms with Crippen LogP contribution in [0.1, 0.15) is 5.56 Å². The van der Waals surface area contributed by atoms with Gasteiger partial charge >= 0.3 is 0 Å². The zero-order valence-corrected chi connectivity index (χ0v) is 17.7. The molecule has 0 radical (unpaired) electrons. The molecule has 0 saturated carbocycles. The summed E-state index contributed by atoms with van der Waals surface area (Å²) < 4.78 is 11.5. The molecule has 144 valence electrons. The molecule has 0 aliphatic heterocycles. The van der Waals surface area contributed by atoms with E-state index in [0.717, 1.165) is 54.7 Å². The first kappa shape index (κ1) is 18.9. The van der Waals surface area contributed by atoms with Gasteiger partial charge in [0.2, 0.25) is 5.13 Å². The number of hydrogen-bond acceptors (Lipinski definition) is 10. The van der Waals surface area contributed by atoms with E-state index in [2.05, 4.69) is 25.5 Å². The molecule has 0 fully saturated rings. The summed E-state index contributed by atoms with van der Waals surface area (Å²) in [6.45, 7) is 0.747. The Labute approximate surface area is 174 Å². The lowest BCUT2D eigenvalue weighted by atomic mass is 10.1. The molecule has 1 N–H and O–H groups in total. The van der Waals surface area contributed by atoms with E-state index >= 15 is 0 Å². The minimum Gasteiger partial charge on any atom is -0.493 e. The lowest BCUT2D eigenvalue weighted by molar-refractivity contribution is 0.354. The normalized spacial score (nSPS) is 10.9. The highest BCUT2D eigenvalue weighted by Gasteiger charge is 2.11. The Morgan fingerprint density at radius 1 is 1.07 bits per heavy atom. The largest absolute Gasteiger partial charge is 0.493 e. The van der Waals surface area contributed by atoms with Crippen LogP contribution in [0.2, 0.25) is 0 Å². The Hall–Kier alpha value is -2.43. The van der Waals surface area contributed by atoms with Crippen molar-refractivity contribution in [1.82, 2.24) is 20.2 Å². The Morgan fingerprint density at radius 3 is 2.82 bits per heavy atom. The van der Waals surface area contributed by atoms with Gasteiger partial charge in [0.25, 0.3) is 0 Å². The molecule has 4 rings (SSSR count). The lowest BCUT2D eigenvalue weighted by Crippen LogP contribution is -2.04. The molecule has 0 amide bonds. The molecule has 0 bridgehead atoms. The van der Waals surface area contributed by atoms with E-state index in [1.807, 2.05) is 29.6 Å². The lowest BCUT2D eigenvalue weighted by Gasteiger charge is -2.09. The van der Waals surface area contributed by atoms with Crippen molar-refractivity contribution in [2.45, 2.75) is 15.8 Å². The highest BCUT2D eigenvalue weighted by Crippen LogP contribution is 2.35. The van der Waals surface area contributed by atoms with Gasteiger partial charge < -0.3 is 14.8 Å². The Bertz CT molecular complexity index is 1080. The highest BCUT2D eigenvalue weighted by atomic mass is 32.2. The Kier molecular flexibility index (Phi) is 5.89. The number of thiophene rings is 1. The number of nitrogens with one attached hydrogen (secondary N) is 1. The molecule has 0 aliphatic rings. The van der Waals surface area contributed by atoms with Crippen molar-refractivity contribution in [3.63, 3.8) is 0 Å². The third-order valence-corrected chi connectivity index (χ3v) is 6.72. The summed E-state index contributed by atoms with van der Waals surface area (Å²) >= 11 is 4.63. The summed E-state index contributed by atoms with van der Waals surface area (Å²) in [7, 11) is 3.27. The first-order valence-corrected chi connectivity index (χ1v) is 10.9. The van der Waals surface area contributed by atoms with Gasteiger partial charge in [-0.05, 0) is 47.3 Å². The maximum absolute atomic E-state index is 5.35. The number of methoxy groups -OCH3 is 2. The summed E-state index contributed by atoms with van der Waals surface area (Å²) in [5.74, 6) is 1.47. The maximum Gasteiger partial charge on any atom is 0.206 e. The highest BCUT2D eigenvalue weighted by molar-refractivity contribution is 8.01. The molecule has 0 atom stereocenters. The average Bonchev–Trinajstić information content (AvgIpc) is 3.38. The predicted molar refractivity (Wildman–Crippen MR) is 113 cm³/mol. The van der Waals surface area contributed by atoms with Crippen LogP contribution >= 0.6 is 34.4 Å². The van der Waals surface area contributed by atoms with Crippen LogP contribution in [-0.2, 0) is 6.42 Å². The number of nitrogens with zero attached hydrogens (tertiary/aromatic N) is 4.